The number of aromatic nitrogens is 2. The molecule has 25 heavy (non-hydrogen) atoms. The maximum atomic E-state index is 12.8. The van der Waals surface area contributed by atoms with Crippen LogP contribution >= 0.6 is 0 Å². The number of anilines is 1. The van der Waals surface area contributed by atoms with Gasteiger partial charge in [0.15, 0.2) is 5.82 Å². The van der Waals surface area contributed by atoms with Gasteiger partial charge in [0.2, 0.25) is 5.89 Å². The Hall–Kier alpha value is -2.41. The lowest BCUT2D eigenvalue weighted by Gasteiger charge is -2.24. The number of amides is 2. The fourth-order valence-corrected chi connectivity index (χ4v) is 2.91. The summed E-state index contributed by atoms with van der Waals surface area (Å²) in [6.45, 7) is 5.28. The summed E-state index contributed by atoms with van der Waals surface area (Å²) < 4.78 is 10.5. The van der Waals surface area contributed by atoms with Crippen molar-refractivity contribution in [3.05, 3.63) is 41.5 Å². The average molecular weight is 344 g/mol. The van der Waals surface area contributed by atoms with Crippen LogP contribution in [0.2, 0.25) is 0 Å². The number of nitrogens with zero attached hydrogens (tertiary/aromatic N) is 3. The van der Waals surface area contributed by atoms with Gasteiger partial charge < -0.3 is 14.6 Å². The van der Waals surface area contributed by atoms with Crippen LogP contribution in [0.3, 0.4) is 0 Å². The second-order valence-corrected chi connectivity index (χ2v) is 6.59. The average Bonchev–Trinajstić information content (AvgIpc) is 3.21. The van der Waals surface area contributed by atoms with Crippen LogP contribution in [0.5, 0.6) is 0 Å². The Morgan fingerprint density at radius 1 is 1.44 bits per heavy atom. The van der Waals surface area contributed by atoms with E-state index < -0.39 is 0 Å². The summed E-state index contributed by atoms with van der Waals surface area (Å²) in [6, 6.07) is 7.46. The number of carbonyl (C=O) groups is 1. The number of carbonyl (C=O) groups excluding carboxylic acids is 1. The molecule has 1 aliphatic heterocycles. The molecule has 134 valence electrons. The molecule has 0 bridgehead atoms. The number of benzene rings is 1. The highest BCUT2D eigenvalue weighted by atomic mass is 16.5. The lowest BCUT2D eigenvalue weighted by molar-refractivity contribution is 0.199. The topological polar surface area (TPSA) is 80.5 Å². The summed E-state index contributed by atoms with van der Waals surface area (Å²) in [5, 5.41) is 6.99. The SMILES string of the molecule is COCCc1noc(C2Cc3ccccc3N2C(=O)NCC(C)C)n1. The normalized spacial score (nSPS) is 16.3. The van der Waals surface area contributed by atoms with Crippen molar-refractivity contribution in [1.29, 1.82) is 0 Å². The van der Waals surface area contributed by atoms with E-state index in [1.807, 2.05) is 24.3 Å². The zero-order chi connectivity index (χ0) is 17.8. The minimum absolute atomic E-state index is 0.139. The molecule has 1 unspecified atom stereocenters. The lowest BCUT2D eigenvalue weighted by Crippen LogP contribution is -2.42. The molecular formula is C18H24N4O3. The molecule has 0 spiro atoms. The van der Waals surface area contributed by atoms with Crippen molar-refractivity contribution in [3.8, 4) is 0 Å². The summed E-state index contributed by atoms with van der Waals surface area (Å²) in [4.78, 5) is 19.0. The monoisotopic (exact) mass is 344 g/mol. The van der Waals surface area contributed by atoms with E-state index in [0.29, 0.717) is 43.6 Å². The van der Waals surface area contributed by atoms with Crippen LogP contribution in [0.4, 0.5) is 10.5 Å². The van der Waals surface area contributed by atoms with Crippen molar-refractivity contribution in [2.24, 2.45) is 5.92 Å². The molecule has 1 N–H and O–H groups in total. The quantitative estimate of drug-likeness (QED) is 0.871. The first-order valence-corrected chi connectivity index (χ1v) is 8.56. The first-order valence-electron chi connectivity index (χ1n) is 8.56. The van der Waals surface area contributed by atoms with Crippen LogP contribution in [0, 0.1) is 5.92 Å². The van der Waals surface area contributed by atoms with Crippen LogP contribution in [-0.4, -0.2) is 36.4 Å². The van der Waals surface area contributed by atoms with E-state index in [9.17, 15) is 4.79 Å². The van der Waals surface area contributed by atoms with Crippen molar-refractivity contribution >= 4 is 11.7 Å². The van der Waals surface area contributed by atoms with Gasteiger partial charge in [0, 0.05) is 32.2 Å². The maximum Gasteiger partial charge on any atom is 0.322 e. The Kier molecular flexibility index (Phi) is 5.33. The summed E-state index contributed by atoms with van der Waals surface area (Å²) in [6.07, 6.45) is 1.25. The molecule has 2 amide bonds. The lowest BCUT2D eigenvalue weighted by atomic mass is 10.1. The molecule has 1 atom stereocenters. The second-order valence-electron chi connectivity index (χ2n) is 6.59. The smallest absolute Gasteiger partial charge is 0.322 e. The highest BCUT2D eigenvalue weighted by Crippen LogP contribution is 2.39. The van der Waals surface area contributed by atoms with E-state index in [4.69, 9.17) is 9.26 Å². The minimum Gasteiger partial charge on any atom is -0.384 e. The molecule has 2 heterocycles. The van der Waals surface area contributed by atoms with Gasteiger partial charge in [-0.05, 0) is 17.5 Å². The van der Waals surface area contributed by atoms with Crippen LogP contribution in [0.25, 0.3) is 0 Å². The van der Waals surface area contributed by atoms with Gasteiger partial charge >= 0.3 is 6.03 Å². The summed E-state index contributed by atoms with van der Waals surface area (Å²) in [7, 11) is 1.63. The fraction of sp³-hybridized carbons (Fsp3) is 0.500. The van der Waals surface area contributed by atoms with E-state index in [-0.39, 0.29) is 12.1 Å². The van der Waals surface area contributed by atoms with Gasteiger partial charge in [-0.1, -0.05) is 37.2 Å². The number of nitrogens with one attached hydrogen (secondary N) is 1. The van der Waals surface area contributed by atoms with Crippen molar-refractivity contribution in [1.82, 2.24) is 15.5 Å². The van der Waals surface area contributed by atoms with Gasteiger partial charge in [0.1, 0.15) is 6.04 Å². The summed E-state index contributed by atoms with van der Waals surface area (Å²) in [5.41, 5.74) is 1.99. The molecular weight excluding hydrogens is 320 g/mol. The zero-order valence-corrected chi connectivity index (χ0v) is 14.9. The highest BCUT2D eigenvalue weighted by Gasteiger charge is 2.38. The molecule has 1 aromatic carbocycles. The molecule has 7 nitrogen and oxygen atoms in total. The number of para-hydroxylation sites is 1. The Morgan fingerprint density at radius 2 is 2.24 bits per heavy atom. The third-order valence-corrected chi connectivity index (χ3v) is 4.16. The molecule has 0 radical (unpaired) electrons. The van der Waals surface area contributed by atoms with E-state index >= 15 is 0 Å². The number of ether oxygens (including phenoxy) is 1. The Balaban J connectivity index is 1.84. The van der Waals surface area contributed by atoms with Crippen molar-refractivity contribution in [3.63, 3.8) is 0 Å². The first kappa shape index (κ1) is 17.4. The number of urea groups is 1. The van der Waals surface area contributed by atoms with Crippen LogP contribution in [-0.2, 0) is 17.6 Å². The molecule has 2 aromatic rings. The van der Waals surface area contributed by atoms with Gasteiger partial charge in [-0.3, -0.25) is 4.90 Å². The van der Waals surface area contributed by atoms with Crippen molar-refractivity contribution in [2.45, 2.75) is 32.7 Å². The summed E-state index contributed by atoms with van der Waals surface area (Å²) in [5.74, 6) is 1.43. The van der Waals surface area contributed by atoms with Gasteiger partial charge in [-0.25, -0.2) is 4.79 Å². The second kappa shape index (κ2) is 7.65. The van der Waals surface area contributed by atoms with Crippen molar-refractivity contribution in [2.75, 3.05) is 25.2 Å². The molecule has 1 aliphatic rings. The zero-order valence-electron chi connectivity index (χ0n) is 14.9. The largest absolute Gasteiger partial charge is 0.384 e. The van der Waals surface area contributed by atoms with Crippen LogP contribution < -0.4 is 10.2 Å². The maximum absolute atomic E-state index is 12.8. The van der Waals surface area contributed by atoms with Gasteiger partial charge in [0.05, 0.1) is 6.61 Å². The van der Waals surface area contributed by atoms with Crippen molar-refractivity contribution < 1.29 is 14.1 Å². The number of hydrogen-bond donors (Lipinski definition) is 1. The van der Waals surface area contributed by atoms with E-state index in [1.54, 1.807) is 12.0 Å². The predicted octanol–water partition coefficient (Wildman–Crippen LogP) is 2.73. The number of methoxy groups -OCH3 is 1. The molecule has 0 saturated carbocycles. The standard InChI is InChI=1S/C18H24N4O3/c1-12(2)11-19-18(23)22-14-7-5-4-6-13(14)10-15(22)17-20-16(21-25-17)8-9-24-3/h4-7,12,15H,8-11H2,1-3H3,(H,19,23). The number of fused-ring (bicyclic) bond motifs is 1. The molecule has 3 rings (SSSR count). The predicted molar refractivity (Wildman–Crippen MR) is 93.5 cm³/mol. The highest BCUT2D eigenvalue weighted by molar-refractivity contribution is 5.95. The summed E-state index contributed by atoms with van der Waals surface area (Å²) >= 11 is 0. The third-order valence-electron chi connectivity index (χ3n) is 4.16. The fourth-order valence-electron chi connectivity index (χ4n) is 2.91. The first-order chi connectivity index (χ1) is 12.1. The van der Waals surface area contributed by atoms with Crippen LogP contribution in [0.1, 0.15) is 37.2 Å². The van der Waals surface area contributed by atoms with Gasteiger partial charge in [0.25, 0.3) is 0 Å². The Morgan fingerprint density at radius 3 is 3.00 bits per heavy atom. The van der Waals surface area contributed by atoms with E-state index in [2.05, 4.69) is 29.3 Å². The Bertz CT molecular complexity index is 729. The Labute approximate surface area is 147 Å². The number of rotatable bonds is 6. The van der Waals surface area contributed by atoms with Gasteiger partial charge in [-0.15, -0.1) is 0 Å². The van der Waals surface area contributed by atoms with Crippen LogP contribution in [0.15, 0.2) is 28.8 Å². The molecule has 0 aliphatic carbocycles. The number of hydrogen-bond acceptors (Lipinski definition) is 5. The third kappa shape index (κ3) is 3.82. The minimum atomic E-state index is -0.284. The van der Waals surface area contributed by atoms with E-state index in [1.165, 1.54) is 0 Å². The molecule has 0 saturated heterocycles. The molecule has 0 fully saturated rings. The molecule has 7 heteroatoms. The molecule has 1 aromatic heterocycles. The van der Waals surface area contributed by atoms with Gasteiger partial charge in [-0.2, -0.15) is 4.98 Å². The van der Waals surface area contributed by atoms with E-state index in [0.717, 1.165) is 11.3 Å².